The molecule has 0 saturated carbocycles. The molecule has 9 aromatic carbocycles. The number of non-ortho nitro benzene ring substituents is 5. The lowest BCUT2D eigenvalue weighted by Crippen LogP contribution is -1.94. The van der Waals surface area contributed by atoms with Gasteiger partial charge in [0.15, 0.2) is 0 Å². The lowest BCUT2D eigenvalue weighted by Gasteiger charge is -2.18. The first-order valence-electron chi connectivity index (χ1n) is 23.7. The van der Waals surface area contributed by atoms with Gasteiger partial charge in [0, 0.05) is 148 Å². The second kappa shape index (κ2) is 32.0. The highest BCUT2D eigenvalue weighted by Crippen LogP contribution is 2.52. The van der Waals surface area contributed by atoms with E-state index in [-0.39, 0.29) is 34.1 Å². The third-order valence-corrected chi connectivity index (χ3v) is 22.1. The molecule has 0 fully saturated rings. The fourth-order valence-electron chi connectivity index (χ4n) is 6.92. The van der Waals surface area contributed by atoms with E-state index in [2.05, 4.69) is 106 Å². The Kier molecular flexibility index (Phi) is 25.2. The van der Waals surface area contributed by atoms with Crippen LogP contribution in [-0.2, 0) is 0 Å². The van der Waals surface area contributed by atoms with Crippen LogP contribution in [-0.4, -0.2) is 24.6 Å². The second-order valence-corrected chi connectivity index (χ2v) is 28.4. The SMILES string of the molecule is Ic1ccc2c(c1)Sc1ccc(I)cc1S2.N#CSc1cc([N+](=O)[O-])ccc1Cl.Nc1cc([N+](=O)[O-])ccc1Cl.Nc1ccc2c(c1)Sc1ccc(N)cc1S2.O=[N+]([O-])c1ccc(Cl)c(S)c1.O=[N+]([O-])c1ccc2c(c1)Sc1ccc([N+](=O)[O-])cc1S2. The molecule has 0 saturated heterocycles. The van der Waals surface area contributed by atoms with E-state index in [0.29, 0.717) is 24.9 Å². The normalized spacial score (nSPS) is 11.5. The van der Waals surface area contributed by atoms with Crippen LogP contribution >= 0.6 is 175 Å². The summed E-state index contributed by atoms with van der Waals surface area (Å²) in [6, 6.07) is 46.6. The minimum atomic E-state index is -0.530. The Morgan fingerprint density at radius 2 is 0.690 bits per heavy atom. The number of nitro groups is 5. The van der Waals surface area contributed by atoms with Crippen molar-refractivity contribution in [3.05, 3.63) is 237 Å². The van der Waals surface area contributed by atoms with Gasteiger partial charge in [0.25, 0.3) is 28.4 Å². The van der Waals surface area contributed by atoms with Crippen LogP contribution in [0.25, 0.3) is 0 Å². The van der Waals surface area contributed by atoms with Crippen molar-refractivity contribution in [2.24, 2.45) is 0 Å². The van der Waals surface area contributed by atoms with E-state index in [1.165, 1.54) is 149 Å². The molecule has 19 nitrogen and oxygen atoms in total. The summed E-state index contributed by atoms with van der Waals surface area (Å²) in [5, 5.41) is 63.5. The van der Waals surface area contributed by atoms with Crippen molar-refractivity contribution in [1.29, 1.82) is 5.26 Å². The standard InChI is InChI=1S/C12H6I2S2.C12H6N2O4S2.C12H10N2S2.C7H3ClN2O2S.C6H5ClN2O2.C6H4ClNO2S/c13-7-1-3-9-11(5-7)16-10-4-2-8(14)6-12(10)15-9;15-13(16)7-1-3-9-11(5-7)20-10-4-2-8(14(17)18)6-12(10)19-9;13-7-1-3-9-11(5-7)16-10-4-2-8(14)6-12(10)15-9;8-6-2-1-5(10(11)12)3-7(6)13-4-9;7-5-2-1-4(9(10)11)3-6(5)8;7-5-2-1-4(8(9)10)3-6(5)11/h1-6H;1-6H;1-6H,13-14H2;1-3H;1-3H,8H2;1-3,11H. The number of fused-ring (bicyclic) bond motifs is 6. The number of nitrogens with zero attached hydrogens (tertiary/aromatic N) is 6. The van der Waals surface area contributed by atoms with Crippen LogP contribution in [0.2, 0.25) is 15.1 Å². The molecular weight excluding hydrogens is 1560 g/mol. The van der Waals surface area contributed by atoms with Crippen molar-refractivity contribution in [1.82, 2.24) is 0 Å². The van der Waals surface area contributed by atoms with Crippen LogP contribution in [0, 0.1) is 68.4 Å². The van der Waals surface area contributed by atoms with E-state index in [4.69, 9.17) is 57.3 Å². The van der Waals surface area contributed by atoms with Crippen LogP contribution in [0.4, 0.5) is 45.5 Å². The highest BCUT2D eigenvalue weighted by Gasteiger charge is 2.23. The molecule has 0 bridgehead atoms. The fourth-order valence-corrected chi connectivity index (χ4v) is 16.3. The van der Waals surface area contributed by atoms with Gasteiger partial charge in [-0.1, -0.05) is 105 Å². The highest BCUT2D eigenvalue weighted by atomic mass is 127. The van der Waals surface area contributed by atoms with Gasteiger partial charge in [-0.2, -0.15) is 5.26 Å². The Labute approximate surface area is 571 Å². The Bertz CT molecular complexity index is 3910. The van der Waals surface area contributed by atoms with Crippen molar-refractivity contribution in [2.75, 3.05) is 17.2 Å². The zero-order chi connectivity index (χ0) is 63.2. The van der Waals surface area contributed by atoms with E-state index < -0.39 is 24.6 Å². The average molecular weight is 1600 g/mol. The number of benzene rings is 9. The molecule has 32 heteroatoms. The quantitative estimate of drug-likeness (QED) is 0.0229. The number of nitrogens with two attached hydrogens (primary N) is 3. The summed E-state index contributed by atoms with van der Waals surface area (Å²) < 4.78 is 2.61. The zero-order valence-electron chi connectivity index (χ0n) is 43.3. The number of rotatable bonds is 6. The monoisotopic (exact) mass is 1590 g/mol. The van der Waals surface area contributed by atoms with Crippen molar-refractivity contribution < 1.29 is 24.6 Å². The van der Waals surface area contributed by atoms with Crippen LogP contribution in [0.1, 0.15) is 0 Å². The van der Waals surface area contributed by atoms with E-state index in [9.17, 15) is 50.6 Å². The first kappa shape index (κ1) is 68.5. The molecule has 0 radical (unpaired) electrons. The molecule has 87 heavy (non-hydrogen) atoms. The molecule has 12 rings (SSSR count). The van der Waals surface area contributed by atoms with Crippen molar-refractivity contribution in [2.45, 2.75) is 68.5 Å². The summed E-state index contributed by atoms with van der Waals surface area (Å²) in [6.07, 6.45) is 0. The number of anilines is 3. The number of hydrogen-bond donors (Lipinski definition) is 4. The summed E-state index contributed by atoms with van der Waals surface area (Å²) in [7, 11) is 0. The van der Waals surface area contributed by atoms with Gasteiger partial charge < -0.3 is 17.2 Å². The van der Waals surface area contributed by atoms with Crippen molar-refractivity contribution in [3.63, 3.8) is 0 Å². The summed E-state index contributed by atoms with van der Waals surface area (Å²) >= 11 is 36.3. The Balaban J connectivity index is 0.000000151. The first-order valence-corrected chi connectivity index (χ1v) is 33.2. The molecule has 0 spiro atoms. The Hall–Kier alpha value is -6.00. The molecule has 0 aromatic heterocycles. The topological polar surface area (TPSA) is 318 Å². The highest BCUT2D eigenvalue weighted by molar-refractivity contribution is 14.1. The average Bonchev–Trinajstić information content (AvgIpc) is 3.04. The second-order valence-electron chi connectivity index (χ2n) is 16.9. The maximum atomic E-state index is 10.8. The molecule has 0 amide bonds. The number of nitriles is 1. The van der Waals surface area contributed by atoms with Crippen LogP contribution in [0.15, 0.2) is 232 Å². The number of thiol groups is 1. The third-order valence-electron chi connectivity index (χ3n) is 11.0. The molecule has 9 aromatic rings. The maximum Gasteiger partial charge on any atom is 0.271 e. The zero-order valence-corrected chi connectivity index (χ0v) is 56.5. The van der Waals surface area contributed by atoms with E-state index in [0.717, 1.165) is 42.7 Å². The minimum Gasteiger partial charge on any atom is -0.399 e. The lowest BCUT2D eigenvalue weighted by atomic mass is 10.3. The molecule has 0 unspecified atom stereocenters. The van der Waals surface area contributed by atoms with E-state index in [1.54, 1.807) is 41.1 Å². The molecule has 6 N–H and O–H groups in total. The van der Waals surface area contributed by atoms with E-state index in [1.807, 2.05) is 47.8 Å². The van der Waals surface area contributed by atoms with Gasteiger partial charge in [0.2, 0.25) is 0 Å². The largest absolute Gasteiger partial charge is 0.399 e. The molecule has 3 aliphatic rings. The summed E-state index contributed by atoms with van der Waals surface area (Å²) in [5.74, 6) is 0. The minimum absolute atomic E-state index is 0.000556. The molecule has 442 valence electrons. The summed E-state index contributed by atoms with van der Waals surface area (Å²) in [6.45, 7) is 0. The Morgan fingerprint density at radius 3 is 1.06 bits per heavy atom. The molecular formula is C55H34Cl3I2N9O10S8. The smallest absolute Gasteiger partial charge is 0.271 e. The molecule has 3 heterocycles. The fraction of sp³-hybridized carbons (Fsp3) is 0. The van der Waals surface area contributed by atoms with Crippen LogP contribution in [0.3, 0.4) is 0 Å². The van der Waals surface area contributed by atoms with Gasteiger partial charge in [0.1, 0.15) is 5.40 Å². The van der Waals surface area contributed by atoms with Crippen LogP contribution in [0.5, 0.6) is 0 Å². The number of hydrogen-bond acceptors (Lipinski definition) is 22. The van der Waals surface area contributed by atoms with Gasteiger partial charge >= 0.3 is 0 Å². The number of nitro benzene ring substituents is 5. The van der Waals surface area contributed by atoms with Crippen molar-refractivity contribution in [3.8, 4) is 5.40 Å². The summed E-state index contributed by atoms with van der Waals surface area (Å²) in [4.78, 5) is 64.4. The van der Waals surface area contributed by atoms with Gasteiger partial charge in [-0.3, -0.25) is 50.6 Å². The van der Waals surface area contributed by atoms with Gasteiger partial charge in [-0.25, -0.2) is 0 Å². The van der Waals surface area contributed by atoms with Crippen molar-refractivity contribution >= 4 is 220 Å². The predicted octanol–water partition coefficient (Wildman–Crippen LogP) is 20.3. The maximum absolute atomic E-state index is 10.8. The Morgan fingerprint density at radius 1 is 0.391 bits per heavy atom. The third kappa shape index (κ3) is 19.5. The number of nitrogen functional groups attached to an aromatic ring is 3. The molecule has 0 atom stereocenters. The van der Waals surface area contributed by atoms with Gasteiger partial charge in [-0.15, -0.1) is 12.6 Å². The van der Waals surface area contributed by atoms with Crippen LogP contribution < -0.4 is 17.2 Å². The summed E-state index contributed by atoms with van der Waals surface area (Å²) in [5.41, 5.74) is 18.7. The van der Waals surface area contributed by atoms with Gasteiger partial charge in [0.05, 0.1) is 45.4 Å². The number of halogens is 5. The van der Waals surface area contributed by atoms with Gasteiger partial charge in [-0.05, 0) is 160 Å². The number of thiocyanates is 1. The lowest BCUT2D eigenvalue weighted by molar-refractivity contribution is -0.385. The van der Waals surface area contributed by atoms with E-state index >= 15 is 0 Å². The molecule has 3 aliphatic heterocycles. The predicted molar refractivity (Wildman–Crippen MR) is 368 cm³/mol. The first-order chi connectivity index (χ1) is 41.3. The molecule has 0 aliphatic carbocycles. The number of thioether (sulfide) groups is 1.